The summed E-state index contributed by atoms with van der Waals surface area (Å²) in [4.78, 5) is 114. The van der Waals surface area contributed by atoms with Crippen molar-refractivity contribution in [3.63, 3.8) is 0 Å². The van der Waals surface area contributed by atoms with Crippen LogP contribution in [0.5, 0.6) is 17.2 Å². The molecule has 0 radical (unpaired) electrons. The minimum atomic E-state index is -0.306. The van der Waals surface area contributed by atoms with Crippen LogP contribution in [0, 0.1) is 5.92 Å². The summed E-state index contributed by atoms with van der Waals surface area (Å²) >= 11 is 0. The number of carbonyl (C=O) groups is 7. The lowest BCUT2D eigenvalue weighted by atomic mass is 9.93. The summed E-state index contributed by atoms with van der Waals surface area (Å²) in [6.45, 7) is 8.20. The Morgan fingerprint density at radius 3 is 1.20 bits per heavy atom. The van der Waals surface area contributed by atoms with Crippen molar-refractivity contribution >= 4 is 132 Å². The van der Waals surface area contributed by atoms with Gasteiger partial charge in [0.25, 0.3) is 29.5 Å². The van der Waals surface area contributed by atoms with Crippen LogP contribution in [-0.4, -0.2) is 172 Å². The first kappa shape index (κ1) is 82.8. The number of benzene rings is 5. The minimum Gasteiger partial charge on any atom is -0.495 e. The molecule has 11 aromatic heterocycles. The van der Waals surface area contributed by atoms with Crippen molar-refractivity contribution in [2.24, 2.45) is 5.92 Å². The quantitative estimate of drug-likeness (QED) is 0.0523. The van der Waals surface area contributed by atoms with Gasteiger partial charge in [-0.2, -0.15) is 30.6 Å². The SMILES string of the molecule is CCC1CCN(c2cc3c(cc2NC(=O)c2cnn4cccnc24)CC(=O)C3)CC1.COc1cc2[nH]ncc2cc1NC(=O)c1cnn2cccnc12.COc1cc2c(cc1NC(=O)c1cnn3cccnc13)CC(C)=C2.COc1cc2c(cc1NC(=O)c1cnn3cccnc13)CC=C2.O=C1Cc2cc(NC(=O)c3cnn4cccnc34)c(N3CCCCC3)cc2C1. The van der Waals surface area contributed by atoms with E-state index < -0.39 is 0 Å². The number of methoxy groups -OCH3 is 3. The summed E-state index contributed by atoms with van der Waals surface area (Å²) in [5.41, 5.74) is 21.0. The molecule has 13 heterocycles. The van der Waals surface area contributed by atoms with Crippen LogP contribution in [0.25, 0.3) is 51.3 Å². The number of aromatic nitrogens is 17. The number of amides is 5. The lowest BCUT2D eigenvalue weighted by Crippen LogP contribution is -2.34. The smallest absolute Gasteiger partial charge is 0.261 e. The first-order valence-corrected chi connectivity index (χ1v) is 42.1. The van der Waals surface area contributed by atoms with E-state index in [0.29, 0.717) is 116 Å². The van der Waals surface area contributed by atoms with E-state index in [1.165, 1.54) is 54.3 Å². The molecule has 2 saturated heterocycles. The second-order valence-electron chi connectivity index (χ2n) is 31.7. The molecule has 22 rings (SSSR count). The van der Waals surface area contributed by atoms with E-state index >= 15 is 0 Å². The molecule has 5 amide bonds. The Hall–Kier alpha value is -16.2. The zero-order chi connectivity index (χ0) is 88.1. The molecule has 0 saturated carbocycles. The van der Waals surface area contributed by atoms with E-state index in [2.05, 4.69) is 141 Å². The van der Waals surface area contributed by atoms with Crippen LogP contribution in [-0.2, 0) is 48.1 Å². The maximum atomic E-state index is 13.1. The van der Waals surface area contributed by atoms with Crippen LogP contribution in [0.3, 0.4) is 0 Å². The number of hydrogen-bond acceptors (Lipinski definition) is 23. The topological polar surface area (TPSA) is 393 Å². The molecule has 4 aliphatic carbocycles. The summed E-state index contributed by atoms with van der Waals surface area (Å²) in [6, 6.07) is 28.4. The number of piperidine rings is 2. The van der Waals surface area contributed by atoms with Gasteiger partial charge in [0, 0.05) is 125 Å². The van der Waals surface area contributed by atoms with E-state index in [9.17, 15) is 33.6 Å². The van der Waals surface area contributed by atoms with Gasteiger partial charge in [0.15, 0.2) is 28.2 Å². The Bertz CT molecular complexity index is 7100. The van der Waals surface area contributed by atoms with Crippen molar-refractivity contribution in [2.75, 3.05) is 83.9 Å². The van der Waals surface area contributed by atoms with E-state index in [1.54, 1.807) is 161 Å². The van der Waals surface area contributed by atoms with Gasteiger partial charge in [0.05, 0.1) is 104 Å². The van der Waals surface area contributed by atoms with Crippen LogP contribution in [0.15, 0.2) is 202 Å². The summed E-state index contributed by atoms with van der Waals surface area (Å²) in [5, 5.41) is 43.3. The van der Waals surface area contributed by atoms with Crippen molar-refractivity contribution in [1.29, 1.82) is 0 Å². The van der Waals surface area contributed by atoms with Gasteiger partial charge in [-0.3, -0.25) is 38.7 Å². The number of anilines is 7. The van der Waals surface area contributed by atoms with Crippen LogP contribution in [0.2, 0.25) is 0 Å². The lowest BCUT2D eigenvalue weighted by Gasteiger charge is -2.34. The maximum Gasteiger partial charge on any atom is 0.261 e. The van der Waals surface area contributed by atoms with Crippen molar-refractivity contribution in [1.82, 2.24) is 83.2 Å². The minimum absolute atomic E-state index is 0.231. The van der Waals surface area contributed by atoms with Crippen LogP contribution in [0.1, 0.15) is 149 Å². The zero-order valence-electron chi connectivity index (χ0n) is 70.7. The first-order chi connectivity index (χ1) is 62.5. The van der Waals surface area contributed by atoms with Crippen LogP contribution >= 0.6 is 0 Å². The first-order valence-electron chi connectivity index (χ1n) is 42.1. The molecular formula is C94H88N24O10. The number of aromatic amines is 1. The Labute approximate surface area is 731 Å². The summed E-state index contributed by atoms with van der Waals surface area (Å²) in [5.74, 6) is 1.73. The standard InChI is InChI=1S/C23H25N5O2.C21H21N5O2.C18H16N4O2.C17H14N4O2.C15H12N6O2/c1-2-15-4-8-27(9-5-15)21-13-17-11-18(29)10-16(17)12-20(21)26-23(30)19-14-25-28-7-3-6-24-22(19)28;27-16-9-14-11-18(19(12-15(14)10-16)25-6-2-1-3-7-25)24-21(28)17-13-23-26-8-4-5-22-20(17)26;1-11-6-12-8-15(16(24-2)9-13(12)7-11)21-18(23)14-10-20-22-5-3-4-19-17(14)22;1-23-15-9-12-5-2-4-11(12)8-14(15)20-17(22)13-10-19-21-7-3-6-18-16(13)21;1-23-13-6-11-9(7-17-20-11)5-12(13)19-15(22)10-8-18-21-4-2-3-16-14(10)21/h3,6-7,12-15H,2,4-5,8-11H2,1H3,(H,26,30);4-5,8,11-13H,1-3,6-7,9-10H2,(H,24,28);3-5,7-10H,6H2,1-2H3,(H,21,23);2-3,5-10H,4H2,1H3,(H,20,22);2-8H,1H3,(H,17,20)(H,19,22). The highest BCUT2D eigenvalue weighted by molar-refractivity contribution is 6.13. The van der Waals surface area contributed by atoms with E-state index in [1.807, 2.05) is 36.4 Å². The third-order valence-corrected chi connectivity index (χ3v) is 23.5. The fraction of sp³-hybridized carbons (Fsp3) is 0.234. The van der Waals surface area contributed by atoms with Gasteiger partial charge < -0.3 is 50.6 Å². The Balaban J connectivity index is 0.000000109. The molecule has 0 atom stereocenters. The number of nitrogens with zero attached hydrogens (tertiary/aromatic N) is 18. The molecule has 0 spiro atoms. The Kier molecular flexibility index (Phi) is 23.5. The Morgan fingerprint density at radius 1 is 0.414 bits per heavy atom. The number of rotatable bonds is 16. The molecule has 16 aromatic rings. The van der Waals surface area contributed by atoms with Gasteiger partial charge in [-0.25, -0.2) is 47.5 Å². The molecule has 34 heteroatoms. The molecule has 2 fully saturated rings. The van der Waals surface area contributed by atoms with Crippen molar-refractivity contribution in [3.8, 4) is 17.2 Å². The largest absolute Gasteiger partial charge is 0.495 e. The second-order valence-corrected chi connectivity index (χ2v) is 31.7. The normalized spacial score (nSPS) is 14.1. The molecule has 644 valence electrons. The maximum absolute atomic E-state index is 13.1. The number of Topliss-reactive ketones (excluding diaryl/α,β-unsaturated/α-hetero) is 2. The number of fused-ring (bicyclic) bond motifs is 10. The number of ether oxygens (including phenoxy) is 3. The molecule has 0 unspecified atom stereocenters. The molecule has 6 aliphatic rings. The monoisotopic (exact) mass is 1710 g/mol. The average Bonchev–Trinajstić information content (AvgIpc) is 1.56. The summed E-state index contributed by atoms with van der Waals surface area (Å²) in [7, 11) is 4.73. The van der Waals surface area contributed by atoms with Gasteiger partial charge in [0.2, 0.25) is 0 Å². The lowest BCUT2D eigenvalue weighted by molar-refractivity contribution is -0.117. The second kappa shape index (κ2) is 36.3. The van der Waals surface area contributed by atoms with Crippen molar-refractivity contribution in [2.45, 2.75) is 90.9 Å². The number of carbonyl (C=O) groups excluding carboxylic acids is 7. The Morgan fingerprint density at radius 2 is 0.781 bits per heavy atom. The average molecular weight is 1710 g/mol. The van der Waals surface area contributed by atoms with E-state index in [4.69, 9.17) is 14.2 Å². The van der Waals surface area contributed by atoms with Crippen LogP contribution in [0.4, 0.5) is 39.8 Å². The highest BCUT2D eigenvalue weighted by atomic mass is 16.5. The van der Waals surface area contributed by atoms with Crippen molar-refractivity contribution in [3.05, 3.63) is 274 Å². The fourth-order valence-electron chi connectivity index (χ4n) is 16.9. The molecule has 2 aliphatic heterocycles. The zero-order valence-corrected chi connectivity index (χ0v) is 70.7. The molecule has 34 nitrogen and oxygen atoms in total. The van der Waals surface area contributed by atoms with Gasteiger partial charge >= 0.3 is 0 Å². The molecule has 128 heavy (non-hydrogen) atoms. The fourth-order valence-corrected chi connectivity index (χ4v) is 16.9. The number of ketones is 2. The van der Waals surface area contributed by atoms with Gasteiger partial charge in [-0.15, -0.1) is 0 Å². The number of H-pyrrole nitrogens is 1. The number of allylic oxidation sites excluding steroid dienone is 2. The molecular weight excluding hydrogens is 1630 g/mol. The molecule has 6 N–H and O–H groups in total. The molecule has 0 bridgehead atoms. The van der Waals surface area contributed by atoms with E-state index in [0.717, 1.165) is 138 Å². The predicted octanol–water partition coefficient (Wildman–Crippen LogP) is 13.3. The van der Waals surface area contributed by atoms with E-state index in [-0.39, 0.29) is 41.1 Å². The number of hydrogen-bond donors (Lipinski definition) is 6. The highest BCUT2D eigenvalue weighted by Gasteiger charge is 2.31. The van der Waals surface area contributed by atoms with Crippen molar-refractivity contribution < 1.29 is 47.8 Å². The summed E-state index contributed by atoms with van der Waals surface area (Å²) in [6.07, 6.45) is 43.1. The summed E-state index contributed by atoms with van der Waals surface area (Å²) < 4.78 is 24.0. The van der Waals surface area contributed by atoms with Gasteiger partial charge in [0.1, 0.15) is 56.6 Å². The molecule has 5 aromatic carbocycles. The van der Waals surface area contributed by atoms with Gasteiger partial charge in [-0.05, 0) is 187 Å². The van der Waals surface area contributed by atoms with Gasteiger partial charge in [-0.1, -0.05) is 37.1 Å². The van der Waals surface area contributed by atoms with Crippen LogP contribution < -0.4 is 50.6 Å². The third-order valence-electron chi connectivity index (χ3n) is 23.5. The highest BCUT2D eigenvalue weighted by Crippen LogP contribution is 2.41. The third kappa shape index (κ3) is 17.4. The predicted molar refractivity (Wildman–Crippen MR) is 482 cm³/mol. The number of nitrogens with one attached hydrogen (secondary N) is 6.